The molecule has 2 aliphatic rings. The third-order valence-corrected chi connectivity index (χ3v) is 9.13. The number of hydrogen-bond donors (Lipinski definition) is 3. The number of aromatic amines is 1. The van der Waals surface area contributed by atoms with Crippen LogP contribution in [0.3, 0.4) is 0 Å². The molecule has 1 unspecified atom stereocenters. The number of fused-ring (bicyclic) bond motifs is 1. The fraction of sp³-hybridized carbons (Fsp3) is 0.414. The number of carbonyl (C=O) groups is 1. The lowest BCUT2D eigenvalue weighted by atomic mass is 9.98. The normalized spacial score (nSPS) is 22.5. The molecule has 14 heteroatoms. The zero-order valence-corrected chi connectivity index (χ0v) is 25.7. The van der Waals surface area contributed by atoms with E-state index in [1.165, 1.54) is 21.8 Å². The Bertz CT molecular complexity index is 1630. The molecule has 2 fully saturated rings. The number of aromatic nitrogens is 2. The molecule has 4 atom stereocenters. The zero-order valence-electron chi connectivity index (χ0n) is 23.2. The first-order valence-corrected chi connectivity index (χ1v) is 16.5. The van der Waals surface area contributed by atoms with Crippen LogP contribution in [0.5, 0.6) is 5.75 Å². The van der Waals surface area contributed by atoms with Crippen LogP contribution in [0.2, 0.25) is 0 Å². The molecule has 0 bridgehead atoms. The quantitative estimate of drug-likeness (QED) is 0.197. The third kappa shape index (κ3) is 7.91. The topological polar surface area (TPSA) is 158 Å². The number of nitrogens with one attached hydrogen (secondary N) is 2. The maximum absolute atomic E-state index is 14.0. The number of H-pyrrole nitrogens is 1. The molecular formula is C29H33BrN3O9P. The number of carbonyl (C=O) groups excluding carboxylic acids is 1. The Labute approximate surface area is 255 Å². The van der Waals surface area contributed by atoms with Gasteiger partial charge in [-0.1, -0.05) is 58.7 Å². The van der Waals surface area contributed by atoms with Crippen LogP contribution >= 0.6 is 23.7 Å². The van der Waals surface area contributed by atoms with Crippen molar-refractivity contribution < 1.29 is 33.0 Å². The van der Waals surface area contributed by atoms with Crippen LogP contribution < -0.4 is 20.9 Å². The molecule has 5 rings (SSSR count). The Hall–Kier alpha value is -3.06. The molecule has 1 aliphatic carbocycles. The molecular weight excluding hydrogens is 645 g/mol. The third-order valence-electron chi connectivity index (χ3n) is 7.40. The zero-order chi connectivity index (χ0) is 30.4. The number of rotatable bonds is 11. The Balaban J connectivity index is 1.31. The summed E-state index contributed by atoms with van der Waals surface area (Å²) in [7, 11) is -4.23. The minimum atomic E-state index is -4.23. The average molecular weight is 678 g/mol. The molecule has 3 aromatic rings. The molecule has 230 valence electrons. The summed E-state index contributed by atoms with van der Waals surface area (Å²) in [6, 6.07) is 12.6. The smallest absolute Gasteiger partial charge is 0.459 e. The van der Waals surface area contributed by atoms with Crippen LogP contribution in [0.4, 0.5) is 0 Å². The summed E-state index contributed by atoms with van der Waals surface area (Å²) >= 11 is 3.11. The van der Waals surface area contributed by atoms with Crippen molar-refractivity contribution in [1.82, 2.24) is 14.6 Å². The van der Waals surface area contributed by atoms with Crippen molar-refractivity contribution in [2.75, 3.05) is 13.2 Å². The molecule has 1 saturated carbocycles. The minimum Gasteiger partial charge on any atom is -0.461 e. The molecule has 2 aromatic carbocycles. The lowest BCUT2D eigenvalue weighted by molar-refractivity contribution is -0.149. The van der Waals surface area contributed by atoms with Gasteiger partial charge >= 0.3 is 19.4 Å². The van der Waals surface area contributed by atoms with Crippen LogP contribution in [0.15, 0.2) is 63.2 Å². The van der Waals surface area contributed by atoms with Gasteiger partial charge in [0.1, 0.15) is 30.7 Å². The van der Waals surface area contributed by atoms with Gasteiger partial charge in [-0.15, -0.1) is 0 Å². The van der Waals surface area contributed by atoms with Gasteiger partial charge < -0.3 is 19.1 Å². The highest BCUT2D eigenvalue weighted by Crippen LogP contribution is 2.47. The van der Waals surface area contributed by atoms with E-state index in [0.717, 1.165) is 37.5 Å². The number of nitrogens with zero attached hydrogens (tertiary/aromatic N) is 1. The van der Waals surface area contributed by atoms with Gasteiger partial charge in [0.2, 0.25) is 0 Å². The van der Waals surface area contributed by atoms with Crippen molar-refractivity contribution in [3.63, 3.8) is 0 Å². The predicted molar refractivity (Wildman–Crippen MR) is 163 cm³/mol. The van der Waals surface area contributed by atoms with E-state index in [2.05, 4.69) is 26.0 Å². The number of halogens is 1. The number of aliphatic hydroxyl groups excluding tert-OH is 1. The molecule has 1 aromatic heterocycles. The number of aliphatic hydroxyl groups is 1. The molecule has 3 N–H and O–H groups in total. The summed E-state index contributed by atoms with van der Waals surface area (Å²) < 4.78 is 38.3. The number of ether oxygens (including phenoxy) is 2. The summed E-state index contributed by atoms with van der Waals surface area (Å²) in [5.74, 6) is -0.312. The van der Waals surface area contributed by atoms with E-state index in [4.69, 9.17) is 18.5 Å². The molecule has 2 heterocycles. The van der Waals surface area contributed by atoms with Crippen molar-refractivity contribution >= 4 is 46.5 Å². The number of benzene rings is 2. The van der Waals surface area contributed by atoms with Crippen molar-refractivity contribution in [1.29, 1.82) is 0 Å². The monoisotopic (exact) mass is 677 g/mol. The van der Waals surface area contributed by atoms with Crippen molar-refractivity contribution in [2.45, 2.75) is 63.1 Å². The first kappa shape index (κ1) is 31.4. The van der Waals surface area contributed by atoms with E-state index < -0.39 is 56.6 Å². The van der Waals surface area contributed by atoms with Crippen molar-refractivity contribution in [3.05, 3.63) is 80.0 Å². The van der Waals surface area contributed by atoms with Gasteiger partial charge in [-0.05, 0) is 48.2 Å². The lowest BCUT2D eigenvalue weighted by Gasteiger charge is -2.24. The second-order valence-electron chi connectivity index (χ2n) is 10.4. The van der Waals surface area contributed by atoms with Crippen LogP contribution in [0, 0.1) is 0 Å². The maximum atomic E-state index is 14.0. The standard InChI is InChI=1S/C29H33BrN3O9P/c30-14-13-20-17-33(29(37)32-28(20)36)26-15-23(34)25(41-26)18-39-43(38,31-16-27(35)40-21-9-2-1-3-10-21)42-24-12-6-8-19-7-4-5-11-22(19)24/h4-8,11-14,17,21,23,25-26,34H,1-3,9-10,15-16,18H2,(H,31,38)(H,32,36,37)/b14-13+/t23-,25+,26+,43?/m0/s1. The molecule has 0 amide bonds. The molecule has 0 radical (unpaired) electrons. The highest BCUT2D eigenvalue weighted by Gasteiger charge is 2.39. The van der Waals surface area contributed by atoms with E-state index in [1.807, 2.05) is 30.3 Å². The second kappa shape index (κ2) is 14.1. The van der Waals surface area contributed by atoms with E-state index in [9.17, 15) is 24.1 Å². The number of esters is 1. The van der Waals surface area contributed by atoms with E-state index in [-0.39, 0.29) is 23.8 Å². The molecule has 1 aliphatic heterocycles. The van der Waals surface area contributed by atoms with Gasteiger partial charge in [0.15, 0.2) is 0 Å². The lowest BCUT2D eigenvalue weighted by Crippen LogP contribution is -2.34. The fourth-order valence-electron chi connectivity index (χ4n) is 5.19. The van der Waals surface area contributed by atoms with E-state index in [0.29, 0.717) is 5.39 Å². The molecule has 12 nitrogen and oxygen atoms in total. The summed E-state index contributed by atoms with van der Waals surface area (Å²) in [6.45, 7) is -0.817. The summed E-state index contributed by atoms with van der Waals surface area (Å²) in [5, 5.41) is 14.9. The highest BCUT2D eigenvalue weighted by molar-refractivity contribution is 9.11. The second-order valence-corrected chi connectivity index (χ2v) is 12.7. The van der Waals surface area contributed by atoms with Crippen LogP contribution in [-0.4, -0.2) is 52.1 Å². The Morgan fingerprint density at radius 3 is 2.72 bits per heavy atom. The molecule has 43 heavy (non-hydrogen) atoms. The van der Waals surface area contributed by atoms with E-state index >= 15 is 0 Å². The largest absolute Gasteiger partial charge is 0.461 e. The Morgan fingerprint density at radius 1 is 1.16 bits per heavy atom. The Kier molecular flexibility index (Phi) is 10.3. The minimum absolute atomic E-state index is 0.00701. The Morgan fingerprint density at radius 2 is 1.93 bits per heavy atom. The van der Waals surface area contributed by atoms with Gasteiger partial charge in [0, 0.05) is 18.0 Å². The van der Waals surface area contributed by atoms with Gasteiger partial charge in [0.25, 0.3) is 5.56 Å². The van der Waals surface area contributed by atoms with E-state index in [1.54, 1.807) is 12.1 Å². The SMILES string of the molecule is O=C(CNP(=O)(OC[C@H]1O[C@@H](n2cc(/C=C/Br)c(=O)[nH]c2=O)C[C@@H]1O)Oc1cccc2ccccc12)OC1CCCCC1. The highest BCUT2D eigenvalue weighted by atomic mass is 79.9. The average Bonchev–Trinajstić information content (AvgIpc) is 3.37. The van der Waals surface area contributed by atoms with Gasteiger partial charge in [0.05, 0.1) is 18.3 Å². The van der Waals surface area contributed by atoms with Crippen LogP contribution in [0.1, 0.15) is 50.3 Å². The predicted octanol–water partition coefficient (Wildman–Crippen LogP) is 4.37. The van der Waals surface area contributed by atoms with Crippen molar-refractivity contribution in [3.8, 4) is 5.75 Å². The first-order chi connectivity index (χ1) is 20.7. The van der Waals surface area contributed by atoms with Crippen molar-refractivity contribution in [2.24, 2.45) is 0 Å². The molecule has 1 saturated heterocycles. The van der Waals surface area contributed by atoms with Crippen LogP contribution in [-0.2, 0) is 23.4 Å². The van der Waals surface area contributed by atoms with Gasteiger partial charge in [-0.25, -0.2) is 14.4 Å². The first-order valence-electron chi connectivity index (χ1n) is 14.1. The van der Waals surface area contributed by atoms with Crippen LogP contribution in [0.25, 0.3) is 16.8 Å². The van der Waals surface area contributed by atoms with Gasteiger partial charge in [-0.2, -0.15) is 0 Å². The summed E-state index contributed by atoms with van der Waals surface area (Å²) in [4.78, 5) is 40.8. The summed E-state index contributed by atoms with van der Waals surface area (Å²) in [5.41, 5.74) is -1.08. The fourth-order valence-corrected chi connectivity index (χ4v) is 6.77. The maximum Gasteiger partial charge on any atom is 0.459 e. The van der Waals surface area contributed by atoms with Gasteiger partial charge in [-0.3, -0.25) is 23.7 Å². The summed E-state index contributed by atoms with van der Waals surface area (Å²) in [6.07, 6.45) is 4.26. The number of hydrogen-bond acceptors (Lipinski definition) is 9. The molecule has 0 spiro atoms.